The standard InChI is InChI=1S/C19H13N5/c1-2-16(10-17(3-1)19-23-12-21-13-24-19)14-4-6-15(7-5-14)18-11-20-8-9-22-18/h1-13H. The predicted molar refractivity (Wildman–Crippen MR) is 91.7 cm³/mol. The Hall–Kier alpha value is -3.47. The second kappa shape index (κ2) is 6.34. The number of hydrogen-bond acceptors (Lipinski definition) is 5. The second-order valence-corrected chi connectivity index (χ2v) is 5.21. The van der Waals surface area contributed by atoms with Gasteiger partial charge in [0, 0.05) is 23.5 Å². The van der Waals surface area contributed by atoms with Crippen molar-refractivity contribution in [2.45, 2.75) is 0 Å². The van der Waals surface area contributed by atoms with E-state index in [1.807, 2.05) is 12.1 Å². The maximum Gasteiger partial charge on any atom is 0.162 e. The molecule has 0 saturated heterocycles. The monoisotopic (exact) mass is 311 g/mol. The summed E-state index contributed by atoms with van der Waals surface area (Å²) in [6.07, 6.45) is 8.14. The van der Waals surface area contributed by atoms with E-state index in [0.29, 0.717) is 5.82 Å². The Labute approximate surface area is 139 Å². The van der Waals surface area contributed by atoms with Crippen LogP contribution in [0.1, 0.15) is 0 Å². The van der Waals surface area contributed by atoms with Gasteiger partial charge >= 0.3 is 0 Å². The summed E-state index contributed by atoms with van der Waals surface area (Å²) in [4.78, 5) is 20.7. The summed E-state index contributed by atoms with van der Waals surface area (Å²) in [6.45, 7) is 0. The molecular formula is C19H13N5. The zero-order chi connectivity index (χ0) is 16.2. The summed E-state index contributed by atoms with van der Waals surface area (Å²) in [5.74, 6) is 0.669. The number of rotatable bonds is 3. The van der Waals surface area contributed by atoms with E-state index in [0.717, 1.165) is 27.9 Å². The highest BCUT2D eigenvalue weighted by atomic mass is 15.0. The lowest BCUT2D eigenvalue weighted by molar-refractivity contribution is 1.06. The lowest BCUT2D eigenvalue weighted by atomic mass is 10.0. The van der Waals surface area contributed by atoms with Crippen LogP contribution in [-0.2, 0) is 0 Å². The summed E-state index contributed by atoms with van der Waals surface area (Å²) in [6, 6.07) is 16.4. The zero-order valence-electron chi connectivity index (χ0n) is 12.7. The van der Waals surface area contributed by atoms with E-state index in [1.54, 1.807) is 18.6 Å². The Kier molecular flexibility index (Phi) is 3.73. The maximum atomic E-state index is 4.32. The first-order valence-electron chi connectivity index (χ1n) is 7.49. The molecule has 0 amide bonds. The first kappa shape index (κ1) is 14.1. The van der Waals surface area contributed by atoms with E-state index in [1.165, 1.54) is 12.7 Å². The predicted octanol–water partition coefficient (Wildman–Crippen LogP) is 3.66. The van der Waals surface area contributed by atoms with E-state index in [2.05, 4.69) is 61.3 Å². The molecule has 0 N–H and O–H groups in total. The molecule has 0 atom stereocenters. The van der Waals surface area contributed by atoms with Gasteiger partial charge in [0.15, 0.2) is 5.82 Å². The summed E-state index contributed by atoms with van der Waals surface area (Å²) < 4.78 is 0. The first-order chi connectivity index (χ1) is 11.9. The lowest BCUT2D eigenvalue weighted by Crippen LogP contribution is -1.89. The Bertz CT molecular complexity index is 938. The molecule has 4 rings (SSSR count). The number of nitrogens with zero attached hydrogens (tertiary/aromatic N) is 5. The van der Waals surface area contributed by atoms with Crippen LogP contribution in [0, 0.1) is 0 Å². The van der Waals surface area contributed by atoms with Gasteiger partial charge in [-0.1, -0.05) is 42.5 Å². The van der Waals surface area contributed by atoms with Gasteiger partial charge in [-0.05, 0) is 17.2 Å². The third-order valence-corrected chi connectivity index (χ3v) is 3.69. The third-order valence-electron chi connectivity index (χ3n) is 3.69. The number of hydrogen-bond donors (Lipinski definition) is 0. The van der Waals surface area contributed by atoms with Crippen molar-refractivity contribution < 1.29 is 0 Å². The quantitative estimate of drug-likeness (QED) is 0.577. The van der Waals surface area contributed by atoms with Crippen LogP contribution in [0.4, 0.5) is 0 Å². The van der Waals surface area contributed by atoms with Gasteiger partial charge in [-0.3, -0.25) is 9.97 Å². The molecule has 5 heteroatoms. The van der Waals surface area contributed by atoms with Gasteiger partial charge in [-0.15, -0.1) is 0 Å². The summed E-state index contributed by atoms with van der Waals surface area (Å²) >= 11 is 0. The van der Waals surface area contributed by atoms with Crippen LogP contribution in [0.2, 0.25) is 0 Å². The SMILES string of the molecule is c1cc(-c2ccc(-c3cnccn3)cc2)cc(-c2ncncn2)c1. The molecular weight excluding hydrogens is 298 g/mol. The largest absolute Gasteiger partial charge is 0.261 e. The molecule has 0 aliphatic rings. The molecule has 4 aromatic rings. The molecule has 0 spiro atoms. The Morgan fingerprint density at radius 1 is 0.583 bits per heavy atom. The molecule has 0 bridgehead atoms. The first-order valence-corrected chi connectivity index (χ1v) is 7.49. The zero-order valence-corrected chi connectivity index (χ0v) is 12.7. The van der Waals surface area contributed by atoms with Gasteiger partial charge in [0.2, 0.25) is 0 Å². The second-order valence-electron chi connectivity index (χ2n) is 5.21. The highest BCUT2D eigenvalue weighted by Crippen LogP contribution is 2.26. The van der Waals surface area contributed by atoms with Gasteiger partial charge in [0.05, 0.1) is 11.9 Å². The van der Waals surface area contributed by atoms with Crippen LogP contribution in [-0.4, -0.2) is 24.9 Å². The van der Waals surface area contributed by atoms with E-state index in [-0.39, 0.29) is 0 Å². The van der Waals surface area contributed by atoms with E-state index in [4.69, 9.17) is 0 Å². The smallest absolute Gasteiger partial charge is 0.162 e. The van der Waals surface area contributed by atoms with Crippen LogP contribution < -0.4 is 0 Å². The average Bonchev–Trinajstić information content (AvgIpc) is 2.70. The number of aromatic nitrogens is 5. The van der Waals surface area contributed by atoms with E-state index < -0.39 is 0 Å². The van der Waals surface area contributed by atoms with Crippen molar-refractivity contribution in [3.63, 3.8) is 0 Å². The van der Waals surface area contributed by atoms with Crippen LogP contribution in [0.15, 0.2) is 79.8 Å². The fraction of sp³-hybridized carbons (Fsp3) is 0. The minimum Gasteiger partial charge on any atom is -0.261 e. The van der Waals surface area contributed by atoms with Crippen LogP contribution in [0.5, 0.6) is 0 Å². The van der Waals surface area contributed by atoms with Crippen molar-refractivity contribution in [2.75, 3.05) is 0 Å². The molecule has 5 nitrogen and oxygen atoms in total. The van der Waals surface area contributed by atoms with Crippen molar-refractivity contribution in [1.82, 2.24) is 24.9 Å². The molecule has 0 fully saturated rings. The van der Waals surface area contributed by atoms with Crippen molar-refractivity contribution >= 4 is 0 Å². The Morgan fingerprint density at radius 2 is 1.33 bits per heavy atom. The molecule has 2 heterocycles. The van der Waals surface area contributed by atoms with Crippen LogP contribution >= 0.6 is 0 Å². The van der Waals surface area contributed by atoms with Crippen LogP contribution in [0.25, 0.3) is 33.8 Å². The molecule has 0 unspecified atom stereocenters. The fourth-order valence-electron chi connectivity index (χ4n) is 2.51. The van der Waals surface area contributed by atoms with Crippen molar-refractivity contribution in [1.29, 1.82) is 0 Å². The molecule has 0 saturated carbocycles. The molecule has 0 aliphatic carbocycles. The fourth-order valence-corrected chi connectivity index (χ4v) is 2.51. The minimum atomic E-state index is 0.669. The summed E-state index contributed by atoms with van der Waals surface area (Å²) in [7, 11) is 0. The van der Waals surface area contributed by atoms with Gasteiger partial charge < -0.3 is 0 Å². The Morgan fingerprint density at radius 3 is 2.08 bits per heavy atom. The van der Waals surface area contributed by atoms with E-state index in [9.17, 15) is 0 Å². The normalized spacial score (nSPS) is 10.5. The molecule has 2 aromatic carbocycles. The highest BCUT2D eigenvalue weighted by molar-refractivity contribution is 5.72. The Balaban J connectivity index is 1.67. The maximum absolute atomic E-state index is 4.32. The third kappa shape index (κ3) is 2.87. The van der Waals surface area contributed by atoms with Crippen LogP contribution in [0.3, 0.4) is 0 Å². The molecule has 0 aliphatic heterocycles. The van der Waals surface area contributed by atoms with E-state index >= 15 is 0 Å². The van der Waals surface area contributed by atoms with Gasteiger partial charge in [-0.2, -0.15) is 0 Å². The van der Waals surface area contributed by atoms with Gasteiger partial charge in [0.25, 0.3) is 0 Å². The average molecular weight is 311 g/mol. The number of benzene rings is 2. The van der Waals surface area contributed by atoms with Gasteiger partial charge in [0.1, 0.15) is 12.7 Å². The van der Waals surface area contributed by atoms with Crippen molar-refractivity contribution in [2.24, 2.45) is 0 Å². The van der Waals surface area contributed by atoms with Gasteiger partial charge in [-0.25, -0.2) is 15.0 Å². The van der Waals surface area contributed by atoms with Crippen molar-refractivity contribution in [3.05, 3.63) is 79.8 Å². The molecule has 24 heavy (non-hydrogen) atoms. The minimum absolute atomic E-state index is 0.669. The summed E-state index contributed by atoms with van der Waals surface area (Å²) in [5.41, 5.74) is 5.11. The van der Waals surface area contributed by atoms with Crippen molar-refractivity contribution in [3.8, 4) is 33.8 Å². The lowest BCUT2D eigenvalue weighted by Gasteiger charge is -2.06. The highest BCUT2D eigenvalue weighted by Gasteiger charge is 2.05. The molecule has 114 valence electrons. The topological polar surface area (TPSA) is 64.5 Å². The molecule has 0 radical (unpaired) electrons. The summed E-state index contributed by atoms with van der Waals surface area (Å²) in [5, 5.41) is 0. The molecule has 2 aromatic heterocycles.